The van der Waals surface area contributed by atoms with Gasteiger partial charge in [-0.05, 0) is 18.1 Å². The van der Waals surface area contributed by atoms with Gasteiger partial charge < -0.3 is 14.4 Å². The van der Waals surface area contributed by atoms with Gasteiger partial charge >= 0.3 is 0 Å². The molecule has 0 saturated heterocycles. The van der Waals surface area contributed by atoms with E-state index in [1.165, 1.54) is 0 Å². The van der Waals surface area contributed by atoms with Crippen LogP contribution in [0.25, 0.3) is 0 Å². The third-order valence-corrected chi connectivity index (χ3v) is 1.76. The molecule has 68 valence electrons. The first-order valence-corrected chi connectivity index (χ1v) is 4.11. The Balaban J connectivity index is 2.31. The molecule has 0 amide bonds. The maximum absolute atomic E-state index is 8.78. The highest BCUT2D eigenvalue weighted by Gasteiger charge is 1.94. The zero-order valence-corrected chi connectivity index (χ0v) is 7.36. The molecule has 0 atom stereocenters. The average molecular weight is 169 g/mol. The minimum Gasteiger partial charge on any atom is -0.392 e. The summed E-state index contributed by atoms with van der Waals surface area (Å²) in [5, 5.41) is 8.78. The summed E-state index contributed by atoms with van der Waals surface area (Å²) < 4.78 is 6.99. The molecule has 1 N–H and O–H groups in total. The fraction of sp³-hybridized carbons (Fsp3) is 0.556. The molecule has 0 aliphatic heterocycles. The molecule has 0 radical (unpaired) electrons. The molecular formula is C9H15NO2. The van der Waals surface area contributed by atoms with E-state index >= 15 is 0 Å². The zero-order chi connectivity index (χ0) is 8.81. The van der Waals surface area contributed by atoms with Gasteiger partial charge in [0.1, 0.15) is 0 Å². The standard InChI is InChI=1S/C9H15NO2/c1-12-6-2-4-10-5-3-9(7-10)8-11/h3,5,7,11H,2,4,6,8H2,1H3. The van der Waals surface area contributed by atoms with Crippen molar-refractivity contribution >= 4 is 0 Å². The lowest BCUT2D eigenvalue weighted by molar-refractivity contribution is 0.190. The van der Waals surface area contributed by atoms with Crippen LogP contribution in [-0.2, 0) is 17.9 Å². The molecular weight excluding hydrogens is 154 g/mol. The molecule has 0 aromatic carbocycles. The molecule has 1 heterocycles. The third kappa shape index (κ3) is 2.68. The Morgan fingerprint density at radius 1 is 1.58 bits per heavy atom. The first-order chi connectivity index (χ1) is 5.86. The topological polar surface area (TPSA) is 34.4 Å². The van der Waals surface area contributed by atoms with Crippen molar-refractivity contribution in [1.82, 2.24) is 4.57 Å². The Morgan fingerprint density at radius 2 is 2.42 bits per heavy atom. The Bertz CT molecular complexity index is 220. The number of aryl methyl sites for hydroxylation is 1. The second-order valence-electron chi connectivity index (χ2n) is 2.76. The minimum atomic E-state index is 0.122. The molecule has 0 aliphatic rings. The second-order valence-corrected chi connectivity index (χ2v) is 2.76. The maximum atomic E-state index is 8.78. The van der Waals surface area contributed by atoms with Crippen LogP contribution in [0, 0.1) is 0 Å². The highest BCUT2D eigenvalue weighted by molar-refractivity contribution is 5.08. The van der Waals surface area contributed by atoms with Gasteiger partial charge in [-0.2, -0.15) is 0 Å². The third-order valence-electron chi connectivity index (χ3n) is 1.76. The monoisotopic (exact) mass is 169 g/mol. The van der Waals surface area contributed by atoms with E-state index in [0.717, 1.165) is 25.1 Å². The summed E-state index contributed by atoms with van der Waals surface area (Å²) >= 11 is 0. The number of rotatable bonds is 5. The minimum absolute atomic E-state index is 0.122. The lowest BCUT2D eigenvalue weighted by Gasteiger charge is -2.00. The molecule has 1 aromatic heterocycles. The number of aliphatic hydroxyl groups is 1. The number of ether oxygens (including phenoxy) is 1. The lowest BCUT2D eigenvalue weighted by Crippen LogP contribution is -1.98. The van der Waals surface area contributed by atoms with Gasteiger partial charge in [-0.3, -0.25) is 0 Å². The van der Waals surface area contributed by atoms with Gasteiger partial charge in [0.15, 0.2) is 0 Å². The summed E-state index contributed by atoms with van der Waals surface area (Å²) in [6.07, 6.45) is 4.94. The first kappa shape index (κ1) is 9.29. The van der Waals surface area contributed by atoms with Gasteiger partial charge in [-0.15, -0.1) is 0 Å². The van der Waals surface area contributed by atoms with E-state index in [-0.39, 0.29) is 6.61 Å². The van der Waals surface area contributed by atoms with Crippen LogP contribution in [0.3, 0.4) is 0 Å². The predicted molar refractivity (Wildman–Crippen MR) is 46.8 cm³/mol. The molecule has 0 fully saturated rings. The van der Waals surface area contributed by atoms with Gasteiger partial charge in [0, 0.05) is 32.7 Å². The van der Waals surface area contributed by atoms with Crippen molar-refractivity contribution in [3.8, 4) is 0 Å². The van der Waals surface area contributed by atoms with Gasteiger partial charge in [0.2, 0.25) is 0 Å². The highest BCUT2D eigenvalue weighted by atomic mass is 16.5. The summed E-state index contributed by atoms with van der Waals surface area (Å²) in [6.45, 7) is 1.86. The average Bonchev–Trinajstić information content (AvgIpc) is 2.53. The largest absolute Gasteiger partial charge is 0.392 e. The van der Waals surface area contributed by atoms with Gasteiger partial charge in [-0.1, -0.05) is 0 Å². The van der Waals surface area contributed by atoms with Crippen molar-refractivity contribution in [1.29, 1.82) is 0 Å². The molecule has 0 saturated carbocycles. The molecule has 0 unspecified atom stereocenters. The van der Waals surface area contributed by atoms with E-state index in [1.807, 2.05) is 18.5 Å². The van der Waals surface area contributed by atoms with E-state index in [4.69, 9.17) is 9.84 Å². The Labute approximate surface area is 72.6 Å². The van der Waals surface area contributed by atoms with Crippen LogP contribution in [0.4, 0.5) is 0 Å². The van der Waals surface area contributed by atoms with E-state index < -0.39 is 0 Å². The molecule has 0 bridgehead atoms. The Hall–Kier alpha value is -0.800. The van der Waals surface area contributed by atoms with E-state index in [1.54, 1.807) is 7.11 Å². The van der Waals surface area contributed by atoms with Crippen molar-refractivity contribution in [3.63, 3.8) is 0 Å². The van der Waals surface area contributed by atoms with Crippen LogP contribution in [0.2, 0.25) is 0 Å². The summed E-state index contributed by atoms with van der Waals surface area (Å²) in [5.74, 6) is 0. The van der Waals surface area contributed by atoms with Crippen LogP contribution in [0.15, 0.2) is 18.5 Å². The van der Waals surface area contributed by atoms with Gasteiger partial charge in [0.05, 0.1) is 6.61 Å². The van der Waals surface area contributed by atoms with Crippen LogP contribution < -0.4 is 0 Å². The maximum Gasteiger partial charge on any atom is 0.0696 e. The van der Waals surface area contributed by atoms with E-state index in [0.29, 0.717) is 0 Å². The van der Waals surface area contributed by atoms with Crippen LogP contribution in [0.5, 0.6) is 0 Å². The molecule has 0 aliphatic carbocycles. The molecule has 3 heteroatoms. The zero-order valence-electron chi connectivity index (χ0n) is 7.36. The molecule has 1 rings (SSSR count). The summed E-state index contributed by atoms with van der Waals surface area (Å²) in [4.78, 5) is 0. The fourth-order valence-electron chi connectivity index (χ4n) is 1.11. The normalized spacial score (nSPS) is 10.5. The van der Waals surface area contributed by atoms with Crippen LogP contribution in [-0.4, -0.2) is 23.4 Å². The van der Waals surface area contributed by atoms with Crippen molar-refractivity contribution in [2.45, 2.75) is 19.6 Å². The lowest BCUT2D eigenvalue weighted by atomic mass is 10.4. The van der Waals surface area contributed by atoms with Gasteiger partial charge in [-0.25, -0.2) is 0 Å². The first-order valence-electron chi connectivity index (χ1n) is 4.11. The fourth-order valence-corrected chi connectivity index (χ4v) is 1.11. The van der Waals surface area contributed by atoms with Crippen LogP contribution in [0.1, 0.15) is 12.0 Å². The summed E-state index contributed by atoms with van der Waals surface area (Å²) in [5.41, 5.74) is 0.965. The Kier molecular flexibility index (Phi) is 3.84. The smallest absolute Gasteiger partial charge is 0.0696 e. The number of methoxy groups -OCH3 is 1. The SMILES string of the molecule is COCCCn1ccc(CO)c1. The number of hydrogen-bond acceptors (Lipinski definition) is 2. The molecule has 0 spiro atoms. The number of aromatic nitrogens is 1. The predicted octanol–water partition coefficient (Wildman–Crippen LogP) is 1.02. The summed E-state index contributed by atoms with van der Waals surface area (Å²) in [6, 6.07) is 1.92. The Morgan fingerprint density at radius 3 is 3.00 bits per heavy atom. The molecule has 3 nitrogen and oxygen atoms in total. The molecule has 12 heavy (non-hydrogen) atoms. The van der Waals surface area contributed by atoms with Crippen molar-refractivity contribution < 1.29 is 9.84 Å². The number of hydrogen-bond donors (Lipinski definition) is 1. The quantitative estimate of drug-likeness (QED) is 0.668. The second kappa shape index (κ2) is 4.95. The van der Waals surface area contributed by atoms with Crippen molar-refractivity contribution in [2.24, 2.45) is 0 Å². The van der Waals surface area contributed by atoms with Crippen molar-refractivity contribution in [2.75, 3.05) is 13.7 Å². The highest BCUT2D eigenvalue weighted by Crippen LogP contribution is 2.01. The van der Waals surface area contributed by atoms with E-state index in [9.17, 15) is 0 Å². The van der Waals surface area contributed by atoms with Crippen molar-refractivity contribution in [3.05, 3.63) is 24.0 Å². The van der Waals surface area contributed by atoms with Gasteiger partial charge in [0.25, 0.3) is 0 Å². The van der Waals surface area contributed by atoms with Crippen LogP contribution >= 0.6 is 0 Å². The number of aliphatic hydroxyl groups excluding tert-OH is 1. The summed E-state index contributed by atoms with van der Waals surface area (Å²) in [7, 11) is 1.70. The molecule has 1 aromatic rings. The number of nitrogens with zero attached hydrogens (tertiary/aromatic N) is 1. The van der Waals surface area contributed by atoms with E-state index in [2.05, 4.69) is 4.57 Å².